The molecule has 33 heavy (non-hydrogen) atoms. The van der Waals surface area contributed by atoms with Crippen LogP contribution >= 0.6 is 17.0 Å². The summed E-state index contributed by atoms with van der Waals surface area (Å²) in [6.45, 7) is 0. The van der Waals surface area contributed by atoms with Gasteiger partial charge in [0, 0.05) is 23.4 Å². The fraction of sp³-hybridized carbons (Fsp3) is 0.536. The molecule has 2 nitrogen and oxygen atoms in total. The SMILES string of the molecule is Oc1c(C=NC2CCCC2)cc(-c2ccccc2)cc1C12CC3CC(CC(C3)C1)C2.[Cl][Zr][Cl]. The third-order valence-electron chi connectivity index (χ3n) is 8.61. The van der Waals surface area contributed by atoms with E-state index in [2.05, 4.69) is 42.5 Å². The van der Waals surface area contributed by atoms with E-state index in [-0.39, 0.29) is 5.41 Å². The molecule has 2 aromatic rings. The summed E-state index contributed by atoms with van der Waals surface area (Å²) in [5.74, 6) is 3.11. The van der Waals surface area contributed by atoms with Crippen LogP contribution in [0.2, 0.25) is 0 Å². The zero-order valence-corrected chi connectivity index (χ0v) is 23.1. The molecule has 7 rings (SSSR count). The van der Waals surface area contributed by atoms with Crippen LogP contribution in [0.5, 0.6) is 5.75 Å². The normalized spacial score (nSPS) is 30.4. The summed E-state index contributed by atoms with van der Waals surface area (Å²) in [4.78, 5) is 4.89. The van der Waals surface area contributed by atoms with Gasteiger partial charge in [0.1, 0.15) is 5.75 Å². The molecule has 5 saturated carbocycles. The molecule has 0 amide bonds. The Morgan fingerprint density at radius 1 is 0.879 bits per heavy atom. The van der Waals surface area contributed by atoms with Crippen LogP contribution in [0.25, 0.3) is 11.1 Å². The average molecular weight is 562 g/mol. The van der Waals surface area contributed by atoms with Gasteiger partial charge < -0.3 is 5.11 Å². The van der Waals surface area contributed by atoms with Crippen molar-refractivity contribution in [1.29, 1.82) is 0 Å². The van der Waals surface area contributed by atoms with Crippen molar-refractivity contribution in [3.8, 4) is 16.9 Å². The van der Waals surface area contributed by atoms with E-state index in [4.69, 9.17) is 22.0 Å². The number of rotatable bonds is 4. The van der Waals surface area contributed by atoms with Crippen molar-refractivity contribution in [1.82, 2.24) is 0 Å². The van der Waals surface area contributed by atoms with Crippen LogP contribution in [0.4, 0.5) is 0 Å². The number of aliphatic imine (C=N–C) groups is 1. The van der Waals surface area contributed by atoms with Gasteiger partial charge >= 0.3 is 37.9 Å². The minimum absolute atomic E-state index is 0.180. The van der Waals surface area contributed by atoms with Gasteiger partial charge in [-0.2, -0.15) is 0 Å². The molecule has 5 fully saturated rings. The molecule has 0 atom stereocenters. The molecule has 174 valence electrons. The van der Waals surface area contributed by atoms with Crippen LogP contribution in [0.15, 0.2) is 47.5 Å². The number of benzene rings is 2. The van der Waals surface area contributed by atoms with E-state index >= 15 is 0 Å². The summed E-state index contributed by atoms with van der Waals surface area (Å²) < 4.78 is 0. The predicted molar refractivity (Wildman–Crippen MR) is 135 cm³/mol. The fourth-order valence-corrected chi connectivity index (χ4v) is 7.64. The number of hydrogen-bond acceptors (Lipinski definition) is 2. The predicted octanol–water partition coefficient (Wildman–Crippen LogP) is 8.27. The van der Waals surface area contributed by atoms with Gasteiger partial charge in [0.15, 0.2) is 0 Å². The van der Waals surface area contributed by atoms with Gasteiger partial charge in [-0.1, -0.05) is 43.2 Å². The molecule has 0 unspecified atom stereocenters. The molecular formula is C28H33Cl2NOZr. The molecule has 5 aliphatic carbocycles. The fourth-order valence-electron chi connectivity index (χ4n) is 7.64. The molecule has 5 aliphatic rings. The van der Waals surface area contributed by atoms with Gasteiger partial charge in [-0.25, -0.2) is 0 Å². The first-order valence-corrected chi connectivity index (χ1v) is 18.9. The van der Waals surface area contributed by atoms with E-state index in [0.29, 0.717) is 11.8 Å². The number of phenolic OH excluding ortho intramolecular Hbond substituents is 1. The van der Waals surface area contributed by atoms with E-state index in [9.17, 15) is 5.11 Å². The first kappa shape index (κ1) is 24.1. The minimum atomic E-state index is -0.826. The van der Waals surface area contributed by atoms with Crippen molar-refractivity contribution >= 4 is 23.2 Å². The van der Waals surface area contributed by atoms with Crippen molar-refractivity contribution in [2.75, 3.05) is 0 Å². The van der Waals surface area contributed by atoms with Gasteiger partial charge in [-0.3, -0.25) is 4.99 Å². The van der Waals surface area contributed by atoms with Crippen molar-refractivity contribution < 1.29 is 26.0 Å². The van der Waals surface area contributed by atoms with Gasteiger partial charge in [0.2, 0.25) is 0 Å². The Kier molecular flexibility index (Phi) is 7.70. The van der Waals surface area contributed by atoms with Gasteiger partial charge in [-0.15, -0.1) is 0 Å². The van der Waals surface area contributed by atoms with Crippen LogP contribution < -0.4 is 0 Å². The monoisotopic (exact) mass is 559 g/mol. The van der Waals surface area contributed by atoms with Gasteiger partial charge in [0.25, 0.3) is 0 Å². The first-order valence-electron chi connectivity index (χ1n) is 12.5. The molecule has 4 bridgehead atoms. The third-order valence-corrected chi connectivity index (χ3v) is 8.61. The zero-order valence-electron chi connectivity index (χ0n) is 19.1. The number of nitrogens with zero attached hydrogens (tertiary/aromatic N) is 1. The number of hydrogen-bond donors (Lipinski definition) is 1. The Hall–Kier alpha value is -0.627. The van der Waals surface area contributed by atoms with Crippen LogP contribution in [-0.2, 0) is 26.3 Å². The quantitative estimate of drug-likeness (QED) is 0.375. The average Bonchev–Trinajstić information content (AvgIpc) is 3.32. The van der Waals surface area contributed by atoms with Crippen molar-refractivity contribution in [3.63, 3.8) is 0 Å². The second-order valence-electron chi connectivity index (χ2n) is 10.8. The van der Waals surface area contributed by atoms with Crippen LogP contribution in [-0.4, -0.2) is 17.4 Å². The number of phenols is 1. The molecular weight excluding hydrogens is 528 g/mol. The van der Waals surface area contributed by atoms with Gasteiger partial charge in [0.05, 0.1) is 0 Å². The Balaban J connectivity index is 0.000000724. The van der Waals surface area contributed by atoms with Gasteiger partial charge in [-0.05, 0) is 97.8 Å². The molecule has 1 N–H and O–H groups in total. The van der Waals surface area contributed by atoms with E-state index in [0.717, 1.165) is 23.3 Å². The molecule has 0 aliphatic heterocycles. The second kappa shape index (κ2) is 10.6. The van der Waals surface area contributed by atoms with Crippen molar-refractivity contribution in [3.05, 3.63) is 53.6 Å². The Morgan fingerprint density at radius 2 is 1.45 bits per heavy atom. The van der Waals surface area contributed by atoms with Crippen LogP contribution in [0, 0.1) is 17.8 Å². The molecule has 0 saturated heterocycles. The summed E-state index contributed by atoms with van der Waals surface area (Å²) in [5.41, 5.74) is 4.79. The number of aromatic hydroxyl groups is 1. The summed E-state index contributed by atoms with van der Waals surface area (Å²) in [7, 11) is 9.87. The van der Waals surface area contributed by atoms with E-state index in [1.807, 2.05) is 6.21 Å². The Bertz CT molecular complexity index is 952. The third kappa shape index (κ3) is 5.17. The Labute approximate surface area is 216 Å². The van der Waals surface area contributed by atoms with Crippen molar-refractivity contribution in [2.45, 2.75) is 75.7 Å². The van der Waals surface area contributed by atoms with E-state index < -0.39 is 20.8 Å². The zero-order chi connectivity index (χ0) is 22.8. The van der Waals surface area contributed by atoms with Crippen LogP contribution in [0.3, 0.4) is 0 Å². The molecule has 0 heterocycles. The topological polar surface area (TPSA) is 32.6 Å². The molecule has 0 spiro atoms. The molecule has 0 aromatic heterocycles. The van der Waals surface area contributed by atoms with E-state index in [1.54, 1.807) is 0 Å². The van der Waals surface area contributed by atoms with Crippen LogP contribution in [0.1, 0.15) is 75.3 Å². The Morgan fingerprint density at radius 3 is 2.03 bits per heavy atom. The second-order valence-corrected chi connectivity index (χ2v) is 14.5. The number of halogens is 2. The van der Waals surface area contributed by atoms with Crippen molar-refractivity contribution in [2.24, 2.45) is 22.7 Å². The standard InChI is InChI=1S/C28H33NO.2ClH.Zr/c30-27-24(18-29-25-8-4-5-9-25)13-23(22-6-2-1-3-7-22)14-26(27)28-15-19-10-20(16-28)12-21(11-19)17-28;;;/h1-3,6-7,13-14,18-21,25,30H,4-5,8-12,15-17H2;2*1H;/q;;;+2/p-2. The maximum absolute atomic E-state index is 11.5. The first-order chi connectivity index (χ1) is 16.1. The summed E-state index contributed by atoms with van der Waals surface area (Å²) in [5, 5.41) is 11.5. The summed E-state index contributed by atoms with van der Waals surface area (Å²) >= 11 is -0.826. The molecule has 0 radical (unpaired) electrons. The maximum atomic E-state index is 11.5. The molecule has 2 aromatic carbocycles. The summed E-state index contributed by atoms with van der Waals surface area (Å²) in [6.07, 6.45) is 15.0. The summed E-state index contributed by atoms with van der Waals surface area (Å²) in [6, 6.07) is 15.6. The molecule has 5 heteroatoms. The van der Waals surface area contributed by atoms with E-state index in [1.165, 1.54) is 80.9 Å².